The third-order valence-corrected chi connectivity index (χ3v) is 5.95. The van der Waals surface area contributed by atoms with Gasteiger partial charge in [-0.25, -0.2) is 9.78 Å². The number of esters is 1. The van der Waals surface area contributed by atoms with Crippen molar-refractivity contribution in [3.8, 4) is 17.0 Å². The first-order chi connectivity index (χ1) is 17.6. The van der Waals surface area contributed by atoms with E-state index in [2.05, 4.69) is 20.6 Å². The predicted octanol–water partition coefficient (Wildman–Crippen LogP) is 6.38. The first kappa shape index (κ1) is 23.3. The molecule has 0 amide bonds. The largest absolute Gasteiger partial charge is 0.497 e. The number of fused-ring (bicyclic) bond motifs is 3. The quantitative estimate of drug-likeness (QED) is 0.186. The van der Waals surface area contributed by atoms with Crippen LogP contribution < -0.4 is 15.4 Å². The summed E-state index contributed by atoms with van der Waals surface area (Å²) in [5.74, 6) is 0.332. The van der Waals surface area contributed by atoms with Gasteiger partial charge in [0.1, 0.15) is 11.4 Å². The lowest BCUT2D eigenvalue weighted by Crippen LogP contribution is -2.18. The fourth-order valence-corrected chi connectivity index (χ4v) is 4.28. The Morgan fingerprint density at radius 2 is 1.61 bits per heavy atom. The third-order valence-electron chi connectivity index (χ3n) is 5.75. The van der Waals surface area contributed by atoms with Crippen LogP contribution in [0.5, 0.6) is 5.75 Å². The number of carbonyl (C=O) groups is 1. The first-order valence-corrected chi connectivity index (χ1v) is 11.9. The molecule has 0 radical (unpaired) electrons. The number of thiocarbonyl (C=S) groups is 1. The maximum absolute atomic E-state index is 12.6. The number of pyridine rings is 1. The smallest absolute Gasteiger partial charge is 0.356 e. The number of methoxy groups -OCH3 is 1. The summed E-state index contributed by atoms with van der Waals surface area (Å²) in [5.41, 5.74) is 5.32. The highest BCUT2D eigenvalue weighted by atomic mass is 32.1. The Balaban J connectivity index is 1.44. The molecule has 0 saturated carbocycles. The number of hydrogen-bond acceptors (Lipinski definition) is 5. The summed E-state index contributed by atoms with van der Waals surface area (Å²) in [6, 6.07) is 25.0. The van der Waals surface area contributed by atoms with Crippen molar-refractivity contribution in [3.05, 3.63) is 84.6 Å². The summed E-state index contributed by atoms with van der Waals surface area (Å²) in [6.45, 7) is 2.06. The van der Waals surface area contributed by atoms with Gasteiger partial charge in [-0.1, -0.05) is 30.3 Å². The van der Waals surface area contributed by atoms with Gasteiger partial charge in [0.15, 0.2) is 5.11 Å². The average molecular weight is 497 g/mol. The molecular weight excluding hydrogens is 472 g/mol. The molecule has 3 aromatic carbocycles. The van der Waals surface area contributed by atoms with Crippen LogP contribution in [0.4, 0.5) is 11.4 Å². The predicted molar refractivity (Wildman–Crippen MR) is 148 cm³/mol. The number of H-pyrrole nitrogens is 1. The summed E-state index contributed by atoms with van der Waals surface area (Å²) >= 11 is 5.45. The standard InChI is InChI=1S/C28H24N4O3S/c1-3-35-27(33)24-16-22-21-6-4-5-7-23(21)31-26(22)25(32-24)17-8-10-18(11-9-17)29-28(36)30-19-12-14-20(34-2)15-13-19/h4-16,31H,3H2,1-2H3,(H2,29,30,36). The Morgan fingerprint density at radius 3 is 2.28 bits per heavy atom. The second-order valence-corrected chi connectivity index (χ2v) is 8.46. The van der Waals surface area contributed by atoms with Gasteiger partial charge in [0, 0.05) is 33.2 Å². The van der Waals surface area contributed by atoms with Crippen molar-refractivity contribution in [2.45, 2.75) is 6.92 Å². The van der Waals surface area contributed by atoms with Gasteiger partial charge >= 0.3 is 5.97 Å². The van der Waals surface area contributed by atoms with Crippen molar-refractivity contribution in [2.24, 2.45) is 0 Å². The molecule has 0 aliphatic carbocycles. The Labute approximate surface area is 213 Å². The zero-order valence-electron chi connectivity index (χ0n) is 19.8. The third kappa shape index (κ3) is 4.71. The summed E-state index contributed by atoms with van der Waals surface area (Å²) in [7, 11) is 1.63. The zero-order chi connectivity index (χ0) is 25.1. The molecule has 0 unspecified atom stereocenters. The number of rotatable bonds is 6. The van der Waals surface area contributed by atoms with Gasteiger partial charge in [-0.15, -0.1) is 0 Å². The number of benzene rings is 3. The van der Waals surface area contributed by atoms with Crippen molar-refractivity contribution in [3.63, 3.8) is 0 Å². The second-order valence-electron chi connectivity index (χ2n) is 8.05. The number of ether oxygens (including phenoxy) is 2. The number of carbonyl (C=O) groups excluding carboxylic acids is 1. The van der Waals surface area contributed by atoms with Gasteiger partial charge in [0.25, 0.3) is 0 Å². The topological polar surface area (TPSA) is 88.3 Å². The van der Waals surface area contributed by atoms with Crippen molar-refractivity contribution < 1.29 is 14.3 Å². The van der Waals surface area contributed by atoms with E-state index in [0.29, 0.717) is 10.8 Å². The highest BCUT2D eigenvalue weighted by Gasteiger charge is 2.17. The number of aromatic amines is 1. The minimum Gasteiger partial charge on any atom is -0.497 e. The lowest BCUT2D eigenvalue weighted by Gasteiger charge is -2.12. The number of nitrogens with one attached hydrogen (secondary N) is 3. The fraction of sp³-hybridized carbons (Fsp3) is 0.107. The molecule has 2 heterocycles. The molecule has 0 aliphatic rings. The Bertz CT molecular complexity index is 1560. The minimum atomic E-state index is -0.445. The molecule has 7 nitrogen and oxygen atoms in total. The van der Waals surface area contributed by atoms with Crippen molar-refractivity contribution in [1.29, 1.82) is 0 Å². The van der Waals surface area contributed by atoms with Crippen molar-refractivity contribution in [1.82, 2.24) is 9.97 Å². The first-order valence-electron chi connectivity index (χ1n) is 11.5. The van der Waals surface area contributed by atoms with Crippen LogP contribution in [0, 0.1) is 0 Å². The summed E-state index contributed by atoms with van der Waals surface area (Å²) in [5, 5.41) is 8.76. The van der Waals surface area contributed by atoms with E-state index in [0.717, 1.165) is 44.5 Å². The van der Waals surface area contributed by atoms with E-state index >= 15 is 0 Å². The lowest BCUT2D eigenvalue weighted by molar-refractivity contribution is 0.0520. The molecular formula is C28H24N4O3S. The van der Waals surface area contributed by atoms with Gasteiger partial charge in [-0.05, 0) is 67.7 Å². The van der Waals surface area contributed by atoms with Gasteiger partial charge in [-0.3, -0.25) is 0 Å². The van der Waals surface area contributed by atoms with E-state index in [9.17, 15) is 4.79 Å². The fourth-order valence-electron chi connectivity index (χ4n) is 4.04. The molecule has 2 aromatic heterocycles. The van der Waals surface area contributed by atoms with Crippen LogP contribution >= 0.6 is 12.2 Å². The molecule has 5 aromatic rings. The highest BCUT2D eigenvalue weighted by Crippen LogP contribution is 2.33. The molecule has 0 spiro atoms. The molecule has 0 atom stereocenters. The maximum Gasteiger partial charge on any atom is 0.356 e. The molecule has 0 saturated heterocycles. The molecule has 0 fully saturated rings. The van der Waals surface area contributed by atoms with Gasteiger partial charge in [-0.2, -0.15) is 0 Å². The monoisotopic (exact) mass is 496 g/mol. The van der Waals surface area contributed by atoms with Crippen LogP contribution in [0.3, 0.4) is 0 Å². The van der Waals surface area contributed by atoms with Crippen LogP contribution in [0.1, 0.15) is 17.4 Å². The van der Waals surface area contributed by atoms with E-state index in [-0.39, 0.29) is 12.3 Å². The minimum absolute atomic E-state index is 0.274. The number of para-hydroxylation sites is 1. The van der Waals surface area contributed by atoms with Crippen LogP contribution in [0.25, 0.3) is 33.1 Å². The van der Waals surface area contributed by atoms with E-state index in [1.54, 1.807) is 20.1 Å². The maximum atomic E-state index is 12.6. The van der Waals surface area contributed by atoms with E-state index in [1.165, 1.54) is 0 Å². The summed E-state index contributed by atoms with van der Waals surface area (Å²) < 4.78 is 10.4. The summed E-state index contributed by atoms with van der Waals surface area (Å²) in [6.07, 6.45) is 0. The normalized spacial score (nSPS) is 10.8. The second kappa shape index (κ2) is 10.1. The lowest BCUT2D eigenvalue weighted by atomic mass is 10.1. The van der Waals surface area contributed by atoms with E-state index in [1.807, 2.05) is 72.8 Å². The number of anilines is 2. The van der Waals surface area contributed by atoms with Crippen LogP contribution in [-0.2, 0) is 4.74 Å². The van der Waals surface area contributed by atoms with Crippen molar-refractivity contribution in [2.75, 3.05) is 24.4 Å². The molecule has 0 bridgehead atoms. The Morgan fingerprint density at radius 1 is 0.944 bits per heavy atom. The summed E-state index contributed by atoms with van der Waals surface area (Å²) in [4.78, 5) is 20.7. The highest BCUT2D eigenvalue weighted by molar-refractivity contribution is 7.80. The number of aromatic nitrogens is 2. The van der Waals surface area contributed by atoms with Crippen LogP contribution in [-0.4, -0.2) is 34.8 Å². The van der Waals surface area contributed by atoms with Gasteiger partial charge in [0.2, 0.25) is 0 Å². The molecule has 180 valence electrons. The van der Waals surface area contributed by atoms with E-state index in [4.69, 9.17) is 21.7 Å². The molecule has 0 aliphatic heterocycles. The number of hydrogen-bond donors (Lipinski definition) is 3. The van der Waals surface area contributed by atoms with Crippen LogP contribution in [0.2, 0.25) is 0 Å². The van der Waals surface area contributed by atoms with Crippen LogP contribution in [0.15, 0.2) is 78.9 Å². The number of nitrogens with zero attached hydrogens (tertiary/aromatic N) is 1. The van der Waals surface area contributed by atoms with Gasteiger partial charge < -0.3 is 25.1 Å². The van der Waals surface area contributed by atoms with E-state index < -0.39 is 5.97 Å². The molecule has 5 rings (SSSR count). The molecule has 8 heteroatoms. The molecule has 36 heavy (non-hydrogen) atoms. The average Bonchev–Trinajstić information content (AvgIpc) is 3.28. The SMILES string of the molecule is CCOC(=O)c1cc2c([nH]c3ccccc32)c(-c2ccc(NC(=S)Nc3ccc(OC)cc3)cc2)n1. The zero-order valence-corrected chi connectivity index (χ0v) is 20.6. The van der Waals surface area contributed by atoms with Gasteiger partial charge in [0.05, 0.1) is 24.9 Å². The van der Waals surface area contributed by atoms with Crippen molar-refractivity contribution >= 4 is 56.5 Å². The Kier molecular flexibility index (Phi) is 6.51. The Hall–Kier alpha value is -4.43. The molecule has 3 N–H and O–H groups in total.